The molecule has 0 N–H and O–H groups in total. The van der Waals surface area contributed by atoms with E-state index in [0.29, 0.717) is 0 Å². The molecule has 1 aliphatic carbocycles. The second-order valence-electron chi connectivity index (χ2n) is 9.06. The molecular formula is C29H29NOS. The highest BCUT2D eigenvalue weighted by Gasteiger charge is 2.30. The molecule has 6 rings (SSSR count). The monoisotopic (exact) mass is 439 g/mol. The summed E-state index contributed by atoms with van der Waals surface area (Å²) in [5.41, 5.74) is 5.76. The zero-order valence-corrected chi connectivity index (χ0v) is 19.2. The van der Waals surface area contributed by atoms with Gasteiger partial charge < -0.3 is 4.74 Å². The normalized spacial score (nSPS) is 18.3. The number of likely N-dealkylation sites (tertiary alicyclic amines) is 1. The van der Waals surface area contributed by atoms with Gasteiger partial charge in [-0.25, -0.2) is 0 Å². The molecule has 1 saturated heterocycles. The molecule has 3 aromatic carbocycles. The van der Waals surface area contributed by atoms with Gasteiger partial charge in [0, 0.05) is 28.5 Å². The Morgan fingerprint density at radius 1 is 0.844 bits per heavy atom. The summed E-state index contributed by atoms with van der Waals surface area (Å²) in [6.07, 6.45) is 5.08. The van der Waals surface area contributed by atoms with Gasteiger partial charge >= 0.3 is 0 Å². The predicted octanol–water partition coefficient (Wildman–Crippen LogP) is 6.85. The Morgan fingerprint density at radius 2 is 1.62 bits per heavy atom. The molecule has 1 unspecified atom stereocenters. The number of ether oxygens (including phenoxy) is 1. The molecule has 0 spiro atoms. The van der Waals surface area contributed by atoms with Crippen LogP contribution in [0.2, 0.25) is 0 Å². The lowest BCUT2D eigenvalue weighted by Crippen LogP contribution is -2.33. The lowest BCUT2D eigenvalue weighted by molar-refractivity contribution is 0.183. The first kappa shape index (κ1) is 20.0. The van der Waals surface area contributed by atoms with Gasteiger partial charge in [-0.15, -0.1) is 11.3 Å². The highest BCUT2D eigenvalue weighted by atomic mass is 32.1. The lowest BCUT2D eigenvalue weighted by Gasteiger charge is -2.27. The first-order chi connectivity index (χ1) is 15.9. The zero-order valence-electron chi connectivity index (χ0n) is 18.4. The van der Waals surface area contributed by atoms with Gasteiger partial charge in [-0.2, -0.15) is 0 Å². The second-order valence-corrected chi connectivity index (χ2v) is 10.2. The number of hydrogen-bond donors (Lipinski definition) is 0. The van der Waals surface area contributed by atoms with E-state index in [9.17, 15) is 0 Å². The predicted molar refractivity (Wildman–Crippen MR) is 134 cm³/mol. The molecular weight excluding hydrogens is 410 g/mol. The Hall–Kier alpha value is -2.62. The van der Waals surface area contributed by atoms with E-state index in [4.69, 9.17) is 4.74 Å². The third-order valence-electron chi connectivity index (χ3n) is 7.05. The molecule has 3 heteroatoms. The maximum absolute atomic E-state index is 6.11. The van der Waals surface area contributed by atoms with Crippen molar-refractivity contribution in [1.29, 1.82) is 0 Å². The average Bonchev–Trinajstić information content (AvgIpc) is 3.22. The fourth-order valence-electron chi connectivity index (χ4n) is 5.45. The standard InChI is InChI=1S/C29H29NOS/c1-6-16-30(17-7-1)18-19-31-23-14-12-21(13-15-23)28-24-9-3-2-8-22(24)20-27-29(28)25-10-4-5-11-26(25)32-27/h2-5,8-15,28H,1,6-7,16-20H2. The summed E-state index contributed by atoms with van der Waals surface area (Å²) in [4.78, 5) is 4.04. The van der Waals surface area contributed by atoms with Crippen molar-refractivity contribution < 1.29 is 4.74 Å². The van der Waals surface area contributed by atoms with Crippen molar-refractivity contribution in [3.8, 4) is 5.75 Å². The van der Waals surface area contributed by atoms with E-state index in [1.165, 1.54) is 69.6 Å². The van der Waals surface area contributed by atoms with Gasteiger partial charge in [0.2, 0.25) is 0 Å². The number of nitrogens with zero attached hydrogens (tertiary/aromatic N) is 1. The van der Waals surface area contributed by atoms with Crippen molar-refractivity contribution in [1.82, 2.24) is 4.90 Å². The summed E-state index contributed by atoms with van der Waals surface area (Å²) < 4.78 is 7.50. The molecule has 2 aliphatic rings. The van der Waals surface area contributed by atoms with E-state index in [2.05, 4.69) is 77.7 Å². The third kappa shape index (κ3) is 3.74. The van der Waals surface area contributed by atoms with Gasteiger partial charge in [-0.05, 0) is 71.8 Å². The molecule has 2 heterocycles. The van der Waals surface area contributed by atoms with Gasteiger partial charge in [0.15, 0.2) is 0 Å². The summed E-state index contributed by atoms with van der Waals surface area (Å²) in [5.74, 6) is 1.26. The topological polar surface area (TPSA) is 12.5 Å². The molecule has 1 aliphatic heterocycles. The molecule has 1 atom stereocenters. The molecule has 2 nitrogen and oxygen atoms in total. The molecule has 32 heavy (non-hydrogen) atoms. The van der Waals surface area contributed by atoms with Crippen molar-refractivity contribution in [3.63, 3.8) is 0 Å². The Labute approximate surface area is 194 Å². The number of rotatable bonds is 5. The zero-order chi connectivity index (χ0) is 21.3. The van der Waals surface area contributed by atoms with Crippen LogP contribution in [0.15, 0.2) is 72.8 Å². The van der Waals surface area contributed by atoms with E-state index in [0.717, 1.165) is 25.3 Å². The van der Waals surface area contributed by atoms with Gasteiger partial charge in [0.1, 0.15) is 12.4 Å². The number of hydrogen-bond acceptors (Lipinski definition) is 3. The Morgan fingerprint density at radius 3 is 2.50 bits per heavy atom. The molecule has 1 fully saturated rings. The maximum Gasteiger partial charge on any atom is 0.119 e. The van der Waals surface area contributed by atoms with Crippen LogP contribution in [0.3, 0.4) is 0 Å². The highest BCUT2D eigenvalue weighted by Crippen LogP contribution is 2.47. The minimum absolute atomic E-state index is 0.286. The third-order valence-corrected chi connectivity index (χ3v) is 8.24. The van der Waals surface area contributed by atoms with Crippen molar-refractivity contribution in [2.45, 2.75) is 31.6 Å². The fraction of sp³-hybridized carbons (Fsp3) is 0.310. The van der Waals surface area contributed by atoms with E-state index in [1.54, 1.807) is 0 Å². The minimum Gasteiger partial charge on any atom is -0.492 e. The molecule has 4 aromatic rings. The Kier molecular flexibility index (Phi) is 5.46. The summed E-state index contributed by atoms with van der Waals surface area (Å²) >= 11 is 1.96. The van der Waals surface area contributed by atoms with Crippen LogP contribution in [-0.4, -0.2) is 31.1 Å². The SMILES string of the molecule is c1ccc2c(c1)Cc1sc3ccccc3c1C2c1ccc(OCCN2CCCCC2)cc1. The van der Waals surface area contributed by atoms with E-state index in [-0.39, 0.29) is 5.92 Å². The number of piperidine rings is 1. The van der Waals surface area contributed by atoms with Crippen LogP contribution in [0.1, 0.15) is 52.3 Å². The minimum atomic E-state index is 0.286. The van der Waals surface area contributed by atoms with Crippen molar-refractivity contribution in [2.24, 2.45) is 0 Å². The van der Waals surface area contributed by atoms with Crippen LogP contribution in [-0.2, 0) is 6.42 Å². The van der Waals surface area contributed by atoms with Crippen LogP contribution >= 0.6 is 11.3 Å². The largest absolute Gasteiger partial charge is 0.492 e. The number of fused-ring (bicyclic) bond motifs is 4. The molecule has 0 amide bonds. The van der Waals surface area contributed by atoms with Gasteiger partial charge in [-0.3, -0.25) is 4.90 Å². The summed E-state index contributed by atoms with van der Waals surface area (Å²) in [5, 5.41) is 1.41. The van der Waals surface area contributed by atoms with Crippen LogP contribution in [0.5, 0.6) is 5.75 Å². The maximum atomic E-state index is 6.11. The first-order valence-electron chi connectivity index (χ1n) is 11.9. The van der Waals surface area contributed by atoms with Gasteiger partial charge in [-0.1, -0.05) is 61.0 Å². The number of thiophene rings is 1. The molecule has 1 aromatic heterocycles. The van der Waals surface area contributed by atoms with Crippen LogP contribution in [0, 0.1) is 0 Å². The van der Waals surface area contributed by atoms with Crippen LogP contribution in [0.4, 0.5) is 0 Å². The Bertz CT molecular complexity index is 1220. The van der Waals surface area contributed by atoms with E-state index < -0.39 is 0 Å². The van der Waals surface area contributed by atoms with Gasteiger partial charge in [0.25, 0.3) is 0 Å². The van der Waals surface area contributed by atoms with Crippen molar-refractivity contribution >= 4 is 21.4 Å². The molecule has 0 radical (unpaired) electrons. The summed E-state index contributed by atoms with van der Waals surface area (Å²) in [7, 11) is 0. The Balaban J connectivity index is 1.28. The number of benzene rings is 3. The lowest BCUT2D eigenvalue weighted by atomic mass is 9.77. The fourth-order valence-corrected chi connectivity index (χ4v) is 6.71. The van der Waals surface area contributed by atoms with Crippen molar-refractivity contribution in [3.05, 3.63) is 99.9 Å². The quantitative estimate of drug-likeness (QED) is 0.297. The van der Waals surface area contributed by atoms with E-state index >= 15 is 0 Å². The summed E-state index contributed by atoms with van der Waals surface area (Å²) in [6.45, 7) is 4.24. The smallest absolute Gasteiger partial charge is 0.119 e. The molecule has 0 bridgehead atoms. The van der Waals surface area contributed by atoms with E-state index in [1.807, 2.05) is 11.3 Å². The van der Waals surface area contributed by atoms with Crippen molar-refractivity contribution in [2.75, 3.05) is 26.2 Å². The highest BCUT2D eigenvalue weighted by molar-refractivity contribution is 7.19. The average molecular weight is 440 g/mol. The van der Waals surface area contributed by atoms with Crippen LogP contribution in [0.25, 0.3) is 10.1 Å². The second kappa shape index (κ2) is 8.73. The summed E-state index contributed by atoms with van der Waals surface area (Å²) in [6, 6.07) is 26.7. The van der Waals surface area contributed by atoms with Gasteiger partial charge in [0.05, 0.1) is 0 Å². The van der Waals surface area contributed by atoms with Crippen LogP contribution < -0.4 is 4.74 Å². The molecule has 0 saturated carbocycles. The molecule has 162 valence electrons. The first-order valence-corrected chi connectivity index (χ1v) is 12.7.